The van der Waals surface area contributed by atoms with Gasteiger partial charge in [0, 0.05) is 13.1 Å². The van der Waals surface area contributed by atoms with Gasteiger partial charge in [-0.1, -0.05) is 29.3 Å². The molecule has 1 saturated heterocycles. The van der Waals surface area contributed by atoms with E-state index in [-0.39, 0.29) is 28.0 Å². The van der Waals surface area contributed by atoms with Crippen molar-refractivity contribution in [3.05, 3.63) is 28.2 Å². The molecule has 1 aliphatic heterocycles. The van der Waals surface area contributed by atoms with Gasteiger partial charge in [0.15, 0.2) is 0 Å². The Bertz CT molecular complexity index is 632. The molecule has 110 valence electrons. The Hall–Kier alpha value is -0.820. The highest BCUT2D eigenvalue weighted by Gasteiger charge is 2.34. The number of carboxylic acid groups (broad SMARTS) is 1. The molecule has 0 aromatic heterocycles. The van der Waals surface area contributed by atoms with Crippen LogP contribution in [-0.4, -0.2) is 36.9 Å². The molecule has 1 N–H and O–H groups in total. The van der Waals surface area contributed by atoms with Crippen molar-refractivity contribution in [3.63, 3.8) is 0 Å². The lowest BCUT2D eigenvalue weighted by Gasteiger charge is -2.30. The van der Waals surface area contributed by atoms with Crippen molar-refractivity contribution >= 4 is 39.2 Å². The maximum absolute atomic E-state index is 12.5. The minimum Gasteiger partial charge on any atom is -0.481 e. The summed E-state index contributed by atoms with van der Waals surface area (Å²) in [5.41, 5.74) is 0. The highest BCUT2D eigenvalue weighted by Crippen LogP contribution is 2.32. The zero-order chi connectivity index (χ0) is 14.9. The van der Waals surface area contributed by atoms with E-state index in [0.29, 0.717) is 12.8 Å². The normalized spacial score (nSPS) is 20.8. The summed E-state index contributed by atoms with van der Waals surface area (Å²) < 4.78 is 26.2. The number of hydrogen-bond acceptors (Lipinski definition) is 3. The number of sulfonamides is 1. The third-order valence-corrected chi connectivity index (χ3v) is 6.11. The van der Waals surface area contributed by atoms with Gasteiger partial charge >= 0.3 is 5.97 Å². The van der Waals surface area contributed by atoms with Crippen LogP contribution in [0.5, 0.6) is 0 Å². The van der Waals surface area contributed by atoms with Gasteiger partial charge < -0.3 is 5.11 Å². The van der Waals surface area contributed by atoms with E-state index in [1.807, 2.05) is 0 Å². The molecule has 1 aromatic rings. The number of carboxylic acids is 1. The molecule has 1 aliphatic rings. The molecule has 2 rings (SSSR count). The summed E-state index contributed by atoms with van der Waals surface area (Å²) in [6.07, 6.45) is 0.985. The number of rotatable bonds is 3. The van der Waals surface area contributed by atoms with Gasteiger partial charge in [-0.2, -0.15) is 4.31 Å². The summed E-state index contributed by atoms with van der Waals surface area (Å²) in [6.45, 7) is 0.246. The topological polar surface area (TPSA) is 74.7 Å². The van der Waals surface area contributed by atoms with Crippen LogP contribution in [-0.2, 0) is 14.8 Å². The van der Waals surface area contributed by atoms with E-state index in [0.717, 1.165) is 4.31 Å². The van der Waals surface area contributed by atoms with Crippen LogP contribution in [0.2, 0.25) is 10.0 Å². The number of piperidine rings is 1. The van der Waals surface area contributed by atoms with Gasteiger partial charge in [0.1, 0.15) is 4.90 Å². The van der Waals surface area contributed by atoms with Crippen molar-refractivity contribution in [3.8, 4) is 0 Å². The standard InChI is InChI=1S/C12H13Cl2NO4S/c13-9-4-1-5-10(11(9)14)20(18,19)15-6-2-3-8(7-15)12(16)17/h1,4-5,8H,2-3,6-7H2,(H,16,17). The van der Waals surface area contributed by atoms with E-state index in [9.17, 15) is 13.2 Å². The van der Waals surface area contributed by atoms with E-state index in [2.05, 4.69) is 0 Å². The second-order valence-electron chi connectivity index (χ2n) is 4.59. The Morgan fingerprint density at radius 1 is 1.35 bits per heavy atom. The first-order valence-corrected chi connectivity index (χ1v) is 8.20. The molecule has 5 nitrogen and oxygen atoms in total. The molecule has 0 radical (unpaired) electrons. The molecule has 0 spiro atoms. The fourth-order valence-electron chi connectivity index (χ4n) is 2.18. The maximum Gasteiger partial charge on any atom is 0.307 e. The molecule has 1 unspecified atom stereocenters. The lowest BCUT2D eigenvalue weighted by molar-refractivity contribution is -0.142. The molecule has 1 atom stereocenters. The van der Waals surface area contributed by atoms with Gasteiger partial charge in [0.05, 0.1) is 16.0 Å². The molecule has 0 aliphatic carbocycles. The summed E-state index contributed by atoms with van der Waals surface area (Å²) in [5, 5.41) is 9.14. The van der Waals surface area contributed by atoms with Crippen LogP contribution in [0.1, 0.15) is 12.8 Å². The van der Waals surface area contributed by atoms with Gasteiger partial charge in [-0.3, -0.25) is 4.79 Å². The molecule has 20 heavy (non-hydrogen) atoms. The van der Waals surface area contributed by atoms with Crippen LogP contribution in [0.15, 0.2) is 23.1 Å². The molecule has 0 amide bonds. The second-order valence-corrected chi connectivity index (χ2v) is 7.28. The lowest BCUT2D eigenvalue weighted by atomic mass is 10.0. The predicted molar refractivity (Wildman–Crippen MR) is 75.6 cm³/mol. The number of benzene rings is 1. The molecular formula is C12H13Cl2NO4S. The van der Waals surface area contributed by atoms with Crippen molar-refractivity contribution in [1.29, 1.82) is 0 Å². The Morgan fingerprint density at radius 2 is 2.05 bits per heavy atom. The number of carbonyl (C=O) groups is 1. The van der Waals surface area contributed by atoms with Crippen LogP contribution < -0.4 is 0 Å². The highest BCUT2D eigenvalue weighted by molar-refractivity contribution is 7.89. The molecule has 1 aromatic carbocycles. The monoisotopic (exact) mass is 337 g/mol. The first-order chi connectivity index (χ1) is 9.34. The van der Waals surface area contributed by atoms with E-state index >= 15 is 0 Å². The Kier molecular flexibility index (Phi) is 4.59. The molecule has 0 bridgehead atoms. The average Bonchev–Trinajstić information content (AvgIpc) is 2.41. The van der Waals surface area contributed by atoms with Crippen LogP contribution in [0.3, 0.4) is 0 Å². The summed E-state index contributed by atoms with van der Waals surface area (Å²) >= 11 is 11.8. The summed E-state index contributed by atoms with van der Waals surface area (Å²) in [6, 6.07) is 4.37. The number of nitrogens with zero attached hydrogens (tertiary/aromatic N) is 1. The number of halogens is 2. The quantitative estimate of drug-likeness (QED) is 0.919. The maximum atomic E-state index is 12.5. The van der Waals surface area contributed by atoms with Crippen LogP contribution >= 0.6 is 23.2 Å². The van der Waals surface area contributed by atoms with Gasteiger partial charge in [0.25, 0.3) is 0 Å². The molecule has 0 saturated carbocycles. The zero-order valence-corrected chi connectivity index (χ0v) is 12.7. The van der Waals surface area contributed by atoms with Crippen LogP contribution in [0.25, 0.3) is 0 Å². The third kappa shape index (κ3) is 2.93. The van der Waals surface area contributed by atoms with E-state index in [1.165, 1.54) is 18.2 Å². The lowest BCUT2D eigenvalue weighted by Crippen LogP contribution is -2.42. The van der Waals surface area contributed by atoms with Gasteiger partial charge in [-0.25, -0.2) is 8.42 Å². The first-order valence-electron chi connectivity index (χ1n) is 6.01. The Labute approximate surface area is 127 Å². The van der Waals surface area contributed by atoms with Gasteiger partial charge in [0.2, 0.25) is 10.0 Å². The number of aliphatic carboxylic acids is 1. The van der Waals surface area contributed by atoms with Crippen molar-refractivity contribution in [2.75, 3.05) is 13.1 Å². The Balaban J connectivity index is 2.35. The van der Waals surface area contributed by atoms with Crippen molar-refractivity contribution in [2.45, 2.75) is 17.7 Å². The summed E-state index contributed by atoms with van der Waals surface area (Å²) in [4.78, 5) is 10.9. The summed E-state index contributed by atoms with van der Waals surface area (Å²) in [5.74, 6) is -1.67. The van der Waals surface area contributed by atoms with E-state index in [1.54, 1.807) is 0 Å². The van der Waals surface area contributed by atoms with Crippen LogP contribution in [0, 0.1) is 5.92 Å². The third-order valence-electron chi connectivity index (χ3n) is 3.27. The predicted octanol–water partition coefficient (Wildman–Crippen LogP) is 2.48. The Morgan fingerprint density at radius 3 is 2.70 bits per heavy atom. The van der Waals surface area contributed by atoms with Gasteiger partial charge in [-0.15, -0.1) is 0 Å². The van der Waals surface area contributed by atoms with Gasteiger partial charge in [-0.05, 0) is 25.0 Å². The average molecular weight is 338 g/mol. The van der Waals surface area contributed by atoms with E-state index in [4.69, 9.17) is 28.3 Å². The van der Waals surface area contributed by atoms with Crippen LogP contribution in [0.4, 0.5) is 0 Å². The van der Waals surface area contributed by atoms with Crippen molar-refractivity contribution < 1.29 is 18.3 Å². The summed E-state index contributed by atoms with van der Waals surface area (Å²) in [7, 11) is -3.83. The first kappa shape index (κ1) is 15.6. The largest absolute Gasteiger partial charge is 0.481 e. The van der Waals surface area contributed by atoms with Crippen molar-refractivity contribution in [1.82, 2.24) is 4.31 Å². The fraction of sp³-hybridized carbons (Fsp3) is 0.417. The second kappa shape index (κ2) is 5.89. The molecule has 1 heterocycles. The minimum absolute atomic E-state index is 0.0355. The molecular weight excluding hydrogens is 325 g/mol. The molecule has 8 heteroatoms. The fourth-order valence-corrected chi connectivity index (χ4v) is 4.44. The highest BCUT2D eigenvalue weighted by atomic mass is 35.5. The van der Waals surface area contributed by atoms with Crippen molar-refractivity contribution in [2.24, 2.45) is 5.92 Å². The number of hydrogen-bond donors (Lipinski definition) is 1. The SMILES string of the molecule is O=C(O)C1CCCN(S(=O)(=O)c2cccc(Cl)c2Cl)C1. The molecule has 1 fully saturated rings. The minimum atomic E-state index is -3.83. The smallest absolute Gasteiger partial charge is 0.307 e. The zero-order valence-electron chi connectivity index (χ0n) is 10.4. The van der Waals surface area contributed by atoms with E-state index < -0.39 is 21.9 Å².